The van der Waals surface area contributed by atoms with Crippen molar-refractivity contribution >= 4 is 11.8 Å². The summed E-state index contributed by atoms with van der Waals surface area (Å²) in [6.45, 7) is 0.970. The van der Waals surface area contributed by atoms with Gasteiger partial charge in [0.15, 0.2) is 0 Å². The third-order valence-electron chi connectivity index (χ3n) is 4.17. The van der Waals surface area contributed by atoms with Crippen molar-refractivity contribution in [3.63, 3.8) is 0 Å². The number of halogens is 1. The third kappa shape index (κ3) is 3.11. The van der Waals surface area contributed by atoms with E-state index in [2.05, 4.69) is 5.32 Å². The molecule has 0 saturated carbocycles. The molecule has 1 aromatic carbocycles. The zero-order valence-corrected chi connectivity index (χ0v) is 12.8. The molecule has 0 radical (unpaired) electrons. The number of carbonyl (C=O) groups is 2. The first-order valence-electron chi connectivity index (χ1n) is 7.48. The zero-order chi connectivity index (χ0) is 16.4. The van der Waals surface area contributed by atoms with Crippen molar-refractivity contribution in [1.82, 2.24) is 14.8 Å². The number of aromatic nitrogens is 1. The van der Waals surface area contributed by atoms with Crippen LogP contribution in [0.4, 0.5) is 4.39 Å². The maximum atomic E-state index is 13.6. The van der Waals surface area contributed by atoms with Gasteiger partial charge in [-0.25, -0.2) is 4.39 Å². The lowest BCUT2D eigenvalue weighted by Crippen LogP contribution is -2.51. The molecule has 2 heterocycles. The summed E-state index contributed by atoms with van der Waals surface area (Å²) in [7, 11) is 1.73. The molecule has 0 saturated heterocycles. The number of benzene rings is 1. The predicted octanol–water partition coefficient (Wildman–Crippen LogP) is 1.44. The minimum atomic E-state index is -0.385. The molecule has 1 unspecified atom stereocenters. The van der Waals surface area contributed by atoms with Crippen molar-refractivity contribution in [2.75, 3.05) is 13.6 Å². The molecular weight excluding hydrogens is 297 g/mol. The monoisotopic (exact) mass is 315 g/mol. The minimum Gasteiger partial charge on any atom is -0.354 e. The number of likely N-dealkylation sites (N-methyl/N-ethyl adjacent to an activating group) is 1. The Morgan fingerprint density at radius 2 is 2.09 bits per heavy atom. The summed E-state index contributed by atoms with van der Waals surface area (Å²) in [6, 6.07) is 9.72. The van der Waals surface area contributed by atoms with Crippen LogP contribution in [0.5, 0.6) is 0 Å². The van der Waals surface area contributed by atoms with Gasteiger partial charge in [-0.15, -0.1) is 0 Å². The number of fused-ring (bicyclic) bond motifs is 1. The maximum Gasteiger partial charge on any atom is 0.270 e. The van der Waals surface area contributed by atoms with Gasteiger partial charge in [-0.3, -0.25) is 9.59 Å². The van der Waals surface area contributed by atoms with E-state index in [1.807, 2.05) is 16.8 Å². The van der Waals surface area contributed by atoms with Gasteiger partial charge in [0, 0.05) is 26.3 Å². The molecular formula is C17H18FN3O2. The van der Waals surface area contributed by atoms with Gasteiger partial charge in [0.1, 0.15) is 11.5 Å². The maximum absolute atomic E-state index is 13.6. The highest BCUT2D eigenvalue weighted by molar-refractivity contribution is 5.93. The molecule has 6 heteroatoms. The van der Waals surface area contributed by atoms with E-state index >= 15 is 0 Å². The molecule has 3 rings (SSSR count). The Kier molecular flexibility index (Phi) is 4.14. The Labute approximate surface area is 133 Å². The fraction of sp³-hybridized carbons (Fsp3) is 0.294. The molecule has 23 heavy (non-hydrogen) atoms. The first kappa shape index (κ1) is 15.3. The van der Waals surface area contributed by atoms with Crippen molar-refractivity contribution in [3.8, 4) is 0 Å². The van der Waals surface area contributed by atoms with Gasteiger partial charge >= 0.3 is 0 Å². The van der Waals surface area contributed by atoms with Crippen molar-refractivity contribution in [3.05, 3.63) is 59.7 Å². The Morgan fingerprint density at radius 3 is 2.87 bits per heavy atom. The van der Waals surface area contributed by atoms with Gasteiger partial charge in [0.05, 0.1) is 12.5 Å². The fourth-order valence-electron chi connectivity index (χ4n) is 2.77. The van der Waals surface area contributed by atoms with Crippen molar-refractivity contribution in [1.29, 1.82) is 0 Å². The van der Waals surface area contributed by atoms with E-state index in [1.165, 1.54) is 6.07 Å². The molecule has 2 amide bonds. The first-order chi connectivity index (χ1) is 11.1. The Balaban J connectivity index is 1.59. The summed E-state index contributed by atoms with van der Waals surface area (Å²) in [5.74, 6) is -0.701. The lowest BCUT2D eigenvalue weighted by atomic mass is 10.1. The molecule has 0 bridgehead atoms. The van der Waals surface area contributed by atoms with Crippen molar-refractivity contribution in [2.24, 2.45) is 0 Å². The van der Waals surface area contributed by atoms with E-state index in [0.717, 1.165) is 0 Å². The van der Waals surface area contributed by atoms with Gasteiger partial charge in [-0.05, 0) is 23.8 Å². The summed E-state index contributed by atoms with van der Waals surface area (Å²) in [4.78, 5) is 25.9. The third-order valence-corrected chi connectivity index (χ3v) is 4.17. The van der Waals surface area contributed by atoms with Gasteiger partial charge in [-0.2, -0.15) is 0 Å². The molecule has 1 atom stereocenters. The molecule has 1 aliphatic heterocycles. The van der Waals surface area contributed by atoms with E-state index in [9.17, 15) is 14.0 Å². The summed E-state index contributed by atoms with van der Waals surface area (Å²) >= 11 is 0. The highest BCUT2D eigenvalue weighted by Gasteiger charge is 2.29. The van der Waals surface area contributed by atoms with Crippen molar-refractivity contribution < 1.29 is 14.0 Å². The van der Waals surface area contributed by atoms with Gasteiger partial charge in [0.25, 0.3) is 5.91 Å². The standard InChI is InChI=1S/C17H18FN3O2/c1-20-13(11-21-8-4-7-15(21)17(20)23)10-19-16(22)9-12-5-2-3-6-14(12)18/h2-8,13H,9-11H2,1H3,(H,19,22). The van der Waals surface area contributed by atoms with Gasteiger partial charge < -0.3 is 14.8 Å². The second-order valence-electron chi connectivity index (χ2n) is 5.69. The van der Waals surface area contributed by atoms with E-state index in [4.69, 9.17) is 0 Å². The number of hydrogen-bond acceptors (Lipinski definition) is 2. The summed E-state index contributed by atoms with van der Waals surface area (Å²) in [5, 5.41) is 2.79. The average Bonchev–Trinajstić information content (AvgIpc) is 3.00. The van der Waals surface area contributed by atoms with Crippen LogP contribution in [-0.2, 0) is 17.8 Å². The molecule has 1 N–H and O–H groups in total. The quantitative estimate of drug-likeness (QED) is 0.928. The normalized spacial score (nSPS) is 17.0. The summed E-state index contributed by atoms with van der Waals surface area (Å²) in [6.07, 6.45) is 1.85. The minimum absolute atomic E-state index is 0.00811. The Morgan fingerprint density at radius 1 is 1.30 bits per heavy atom. The number of amides is 2. The fourth-order valence-corrected chi connectivity index (χ4v) is 2.77. The van der Waals surface area contributed by atoms with Crippen LogP contribution in [0.15, 0.2) is 42.6 Å². The first-order valence-corrected chi connectivity index (χ1v) is 7.48. The van der Waals surface area contributed by atoms with Crippen LogP contribution in [-0.4, -0.2) is 40.9 Å². The van der Waals surface area contributed by atoms with E-state index in [0.29, 0.717) is 24.3 Å². The highest BCUT2D eigenvalue weighted by Crippen LogP contribution is 2.16. The van der Waals surface area contributed by atoms with E-state index < -0.39 is 0 Å². The van der Waals surface area contributed by atoms with Gasteiger partial charge in [0.2, 0.25) is 5.91 Å². The van der Waals surface area contributed by atoms with Crippen LogP contribution in [0.25, 0.3) is 0 Å². The summed E-state index contributed by atoms with van der Waals surface area (Å²) in [5.41, 5.74) is 1.02. The van der Waals surface area contributed by atoms with E-state index in [1.54, 1.807) is 36.2 Å². The Hall–Kier alpha value is -2.63. The molecule has 0 fully saturated rings. The molecule has 0 aliphatic carbocycles. The lowest BCUT2D eigenvalue weighted by molar-refractivity contribution is -0.120. The van der Waals surface area contributed by atoms with Crippen LogP contribution in [0, 0.1) is 5.82 Å². The lowest BCUT2D eigenvalue weighted by Gasteiger charge is -2.33. The SMILES string of the molecule is CN1C(=O)c2cccn2CC1CNC(=O)Cc1ccccc1F. The van der Waals surface area contributed by atoms with Crippen LogP contribution in [0.2, 0.25) is 0 Å². The number of rotatable bonds is 4. The van der Waals surface area contributed by atoms with E-state index in [-0.39, 0.29) is 30.1 Å². The predicted molar refractivity (Wildman–Crippen MR) is 83.4 cm³/mol. The van der Waals surface area contributed by atoms with Crippen LogP contribution in [0.3, 0.4) is 0 Å². The number of nitrogens with one attached hydrogen (secondary N) is 1. The molecule has 5 nitrogen and oxygen atoms in total. The largest absolute Gasteiger partial charge is 0.354 e. The van der Waals surface area contributed by atoms with Crippen LogP contribution < -0.4 is 5.32 Å². The second kappa shape index (κ2) is 6.24. The highest BCUT2D eigenvalue weighted by atomic mass is 19.1. The Bertz CT molecular complexity index is 741. The number of hydrogen-bond donors (Lipinski definition) is 1. The smallest absolute Gasteiger partial charge is 0.270 e. The molecule has 0 spiro atoms. The zero-order valence-electron chi connectivity index (χ0n) is 12.8. The summed E-state index contributed by atoms with van der Waals surface area (Å²) < 4.78 is 15.4. The average molecular weight is 315 g/mol. The van der Waals surface area contributed by atoms with Gasteiger partial charge in [-0.1, -0.05) is 18.2 Å². The van der Waals surface area contributed by atoms with Crippen LogP contribution >= 0.6 is 0 Å². The second-order valence-corrected chi connectivity index (χ2v) is 5.69. The topological polar surface area (TPSA) is 54.3 Å². The molecule has 1 aliphatic rings. The number of nitrogens with zero attached hydrogens (tertiary/aromatic N) is 2. The molecule has 2 aromatic rings. The molecule has 120 valence electrons. The number of carbonyl (C=O) groups excluding carboxylic acids is 2. The van der Waals surface area contributed by atoms with Crippen LogP contribution in [0.1, 0.15) is 16.1 Å². The molecule has 1 aromatic heterocycles. The van der Waals surface area contributed by atoms with Crippen molar-refractivity contribution in [2.45, 2.75) is 19.0 Å².